The van der Waals surface area contributed by atoms with Crippen molar-refractivity contribution in [2.75, 3.05) is 0 Å². The van der Waals surface area contributed by atoms with Gasteiger partial charge in [-0.05, 0) is 36.4 Å². The predicted molar refractivity (Wildman–Crippen MR) is 172 cm³/mol. The van der Waals surface area contributed by atoms with Crippen LogP contribution >= 0.6 is 22.7 Å². The summed E-state index contributed by atoms with van der Waals surface area (Å²) < 4.78 is 81.6. The summed E-state index contributed by atoms with van der Waals surface area (Å²) in [5, 5.41) is 19.0. The first-order valence-corrected chi connectivity index (χ1v) is 15.7. The molecule has 0 aliphatic heterocycles. The van der Waals surface area contributed by atoms with Gasteiger partial charge in [0.05, 0.1) is 22.5 Å². The third kappa shape index (κ3) is 6.31. The molecule has 0 radical (unpaired) electrons. The molecule has 7 aromatic rings. The van der Waals surface area contributed by atoms with E-state index in [9.17, 15) is 26.3 Å². The minimum Gasteiger partial charge on any atom is -0.245 e. The number of halogens is 6. The van der Waals surface area contributed by atoms with E-state index in [2.05, 4.69) is 30.4 Å². The van der Waals surface area contributed by atoms with Crippen molar-refractivity contribution in [3.8, 4) is 65.1 Å². The van der Waals surface area contributed by atoms with Crippen molar-refractivity contribution in [3.05, 3.63) is 120 Å². The summed E-state index contributed by atoms with van der Waals surface area (Å²) in [5.41, 5.74) is 1.05. The van der Waals surface area contributed by atoms with Crippen molar-refractivity contribution in [1.29, 1.82) is 0 Å². The minimum atomic E-state index is -4.53. The van der Waals surface area contributed by atoms with E-state index in [1.807, 2.05) is 24.3 Å². The van der Waals surface area contributed by atoms with Crippen molar-refractivity contribution >= 4 is 22.7 Å². The molecule has 0 saturated carbocycles. The lowest BCUT2D eigenvalue weighted by Crippen LogP contribution is -2.07. The van der Waals surface area contributed by atoms with E-state index in [4.69, 9.17) is 0 Å². The highest BCUT2D eigenvalue weighted by Gasteiger charge is 2.34. The standard InChI is InChI=1S/C34H18F6N6S2/c35-33(36,37)23-9-3-1-7-21(23)25-11-5-13-27(41-25)31-45-43-29(47-31)19-15-17-20(18-16-19)30-44-46-32(48-30)28-14-6-12-26(42-28)22-8-2-4-10-24(22)34(38,39)40/h1-18H. The van der Waals surface area contributed by atoms with E-state index >= 15 is 0 Å². The lowest BCUT2D eigenvalue weighted by atomic mass is 10.0. The summed E-state index contributed by atoms with van der Waals surface area (Å²) in [7, 11) is 0. The third-order valence-corrected chi connectivity index (χ3v) is 9.17. The highest BCUT2D eigenvalue weighted by Crippen LogP contribution is 2.39. The maximum absolute atomic E-state index is 13.6. The van der Waals surface area contributed by atoms with Crippen molar-refractivity contribution in [3.63, 3.8) is 0 Å². The molecule has 4 heterocycles. The smallest absolute Gasteiger partial charge is 0.245 e. The van der Waals surface area contributed by atoms with Crippen LogP contribution < -0.4 is 0 Å². The van der Waals surface area contributed by atoms with E-state index in [0.717, 1.165) is 23.3 Å². The van der Waals surface area contributed by atoms with Gasteiger partial charge in [0.15, 0.2) is 10.0 Å². The molecule has 48 heavy (non-hydrogen) atoms. The Bertz CT molecular complexity index is 2080. The molecule has 0 spiro atoms. The molecule has 0 atom stereocenters. The lowest BCUT2D eigenvalue weighted by molar-refractivity contribution is -0.137. The quantitative estimate of drug-likeness (QED) is 0.162. The Morgan fingerprint density at radius 2 is 0.729 bits per heavy atom. The molecule has 0 N–H and O–H groups in total. The SMILES string of the molecule is FC(F)(F)c1ccccc1-c1cccc(-c2nnc(-c3ccc(-c4nnc(-c5cccc(-c6ccccc6C(F)(F)F)n5)s4)cc3)s2)n1. The number of nitrogens with zero attached hydrogens (tertiary/aromatic N) is 6. The summed E-state index contributed by atoms with van der Waals surface area (Å²) in [6.07, 6.45) is -9.05. The lowest BCUT2D eigenvalue weighted by Gasteiger charge is -2.12. The normalized spacial score (nSPS) is 12.0. The summed E-state index contributed by atoms with van der Waals surface area (Å²) in [4.78, 5) is 8.90. The summed E-state index contributed by atoms with van der Waals surface area (Å²) in [5.74, 6) is 0. The maximum atomic E-state index is 13.6. The van der Waals surface area contributed by atoms with Gasteiger partial charge >= 0.3 is 12.4 Å². The fourth-order valence-corrected chi connectivity index (χ4v) is 6.59. The molecule has 0 unspecified atom stereocenters. The van der Waals surface area contributed by atoms with E-state index in [1.54, 1.807) is 24.3 Å². The van der Waals surface area contributed by atoms with Crippen LogP contribution in [0, 0.1) is 0 Å². The van der Waals surface area contributed by atoms with Gasteiger partial charge in [-0.1, -0.05) is 95.5 Å². The van der Waals surface area contributed by atoms with Gasteiger partial charge in [0.2, 0.25) is 0 Å². The zero-order valence-electron chi connectivity index (χ0n) is 24.2. The van der Waals surface area contributed by atoms with Gasteiger partial charge in [-0.25, -0.2) is 9.97 Å². The fraction of sp³-hybridized carbons (Fsp3) is 0.0588. The second-order valence-corrected chi connectivity index (χ2v) is 12.3. The average Bonchev–Trinajstić information content (AvgIpc) is 3.79. The molecule has 0 aliphatic carbocycles. The van der Waals surface area contributed by atoms with Gasteiger partial charge in [0.1, 0.15) is 21.4 Å². The van der Waals surface area contributed by atoms with E-state index in [0.29, 0.717) is 31.4 Å². The minimum absolute atomic E-state index is 0.0257. The van der Waals surface area contributed by atoms with Crippen molar-refractivity contribution < 1.29 is 26.3 Å². The summed E-state index contributed by atoms with van der Waals surface area (Å²) >= 11 is 2.49. The average molecular weight is 689 g/mol. The Balaban J connectivity index is 1.11. The van der Waals surface area contributed by atoms with Crippen LogP contribution in [-0.2, 0) is 12.4 Å². The molecular formula is C34H18F6N6S2. The molecule has 0 amide bonds. The second kappa shape index (κ2) is 12.4. The molecule has 7 rings (SSSR count). The van der Waals surface area contributed by atoms with E-state index < -0.39 is 23.5 Å². The molecule has 0 aliphatic rings. The number of alkyl halides is 6. The number of pyridine rings is 2. The first-order chi connectivity index (χ1) is 23.0. The molecule has 0 fully saturated rings. The number of aromatic nitrogens is 6. The van der Waals surface area contributed by atoms with Gasteiger partial charge in [-0.2, -0.15) is 26.3 Å². The fourth-order valence-electron chi connectivity index (χ4n) is 4.96. The Morgan fingerprint density at radius 1 is 0.375 bits per heavy atom. The van der Waals surface area contributed by atoms with E-state index in [-0.39, 0.29) is 22.5 Å². The molecular weight excluding hydrogens is 671 g/mol. The highest BCUT2D eigenvalue weighted by atomic mass is 32.1. The van der Waals surface area contributed by atoms with Gasteiger partial charge in [-0.3, -0.25) is 0 Å². The number of benzene rings is 3. The molecule has 0 saturated heterocycles. The van der Waals surface area contributed by atoms with Crippen LogP contribution in [0.15, 0.2) is 109 Å². The first kappa shape index (κ1) is 31.3. The van der Waals surface area contributed by atoms with Crippen molar-refractivity contribution in [1.82, 2.24) is 30.4 Å². The zero-order valence-corrected chi connectivity index (χ0v) is 25.8. The Kier molecular flexibility index (Phi) is 8.05. The van der Waals surface area contributed by atoms with Crippen molar-refractivity contribution in [2.45, 2.75) is 12.4 Å². The number of hydrogen-bond donors (Lipinski definition) is 0. The highest BCUT2D eigenvalue weighted by molar-refractivity contribution is 7.18. The van der Waals surface area contributed by atoms with Gasteiger partial charge in [0.25, 0.3) is 0 Å². The largest absolute Gasteiger partial charge is 0.417 e. The predicted octanol–water partition coefficient (Wildman–Crippen LogP) is 10.2. The molecule has 14 heteroatoms. The molecule has 4 aromatic heterocycles. The maximum Gasteiger partial charge on any atom is 0.417 e. The van der Waals surface area contributed by atoms with Crippen LogP contribution in [0.3, 0.4) is 0 Å². The molecule has 3 aromatic carbocycles. The first-order valence-electron chi connectivity index (χ1n) is 14.1. The van der Waals surface area contributed by atoms with Crippen LogP contribution in [0.5, 0.6) is 0 Å². The molecule has 0 bridgehead atoms. The number of hydrogen-bond acceptors (Lipinski definition) is 8. The summed E-state index contributed by atoms with van der Waals surface area (Å²) in [6.45, 7) is 0. The van der Waals surface area contributed by atoms with Crippen LogP contribution in [0.25, 0.3) is 65.1 Å². The zero-order chi connectivity index (χ0) is 33.5. The Morgan fingerprint density at radius 3 is 1.12 bits per heavy atom. The Labute approximate surface area is 276 Å². The van der Waals surface area contributed by atoms with Gasteiger partial charge < -0.3 is 0 Å². The summed E-state index contributed by atoms with van der Waals surface area (Å²) in [6, 6.07) is 27.5. The van der Waals surface area contributed by atoms with Crippen molar-refractivity contribution in [2.24, 2.45) is 0 Å². The monoisotopic (exact) mass is 688 g/mol. The topological polar surface area (TPSA) is 77.3 Å². The van der Waals surface area contributed by atoms with E-state index in [1.165, 1.54) is 71.2 Å². The van der Waals surface area contributed by atoms with Crippen LogP contribution in [0.4, 0.5) is 26.3 Å². The Hall–Kier alpha value is -5.34. The van der Waals surface area contributed by atoms with Crippen LogP contribution in [-0.4, -0.2) is 30.4 Å². The molecule has 238 valence electrons. The second-order valence-electron chi connectivity index (χ2n) is 10.3. The van der Waals surface area contributed by atoms with Crippen LogP contribution in [0.1, 0.15) is 11.1 Å². The van der Waals surface area contributed by atoms with Gasteiger partial charge in [0, 0.05) is 22.3 Å². The molecule has 6 nitrogen and oxygen atoms in total. The number of rotatable bonds is 6. The third-order valence-electron chi connectivity index (χ3n) is 7.18. The van der Waals surface area contributed by atoms with Gasteiger partial charge in [-0.15, -0.1) is 20.4 Å². The van der Waals surface area contributed by atoms with Crippen LogP contribution in [0.2, 0.25) is 0 Å².